The maximum atomic E-state index is 11.7. The molecule has 0 unspecified atom stereocenters. The summed E-state index contributed by atoms with van der Waals surface area (Å²) in [6.45, 7) is 12.5. The van der Waals surface area contributed by atoms with E-state index in [2.05, 4.69) is 40.7 Å². The molecule has 4 rings (SSSR count). The molecule has 3 fully saturated rings. The Bertz CT molecular complexity index is 714. The van der Waals surface area contributed by atoms with E-state index in [0.717, 1.165) is 48.3 Å². The summed E-state index contributed by atoms with van der Waals surface area (Å²) in [5.41, 5.74) is 2.44. The standard InChI is InChI=1S/C29H47ClO2/c1-19(2)7-6-8-20(3)24-11-12-25-23-10-9-21-17-22(32-27(31)18-30)13-15-28(21,4)26(23)14-16-29(24,25)5/h9,19-20,22-26H,6-8,10-18H2,1-5H3/t20-,22-,23+,24-,25+,26+,28-,29+/m0/s1. The molecule has 182 valence electrons. The Kier molecular flexibility index (Phi) is 7.41. The molecule has 0 amide bonds. The fraction of sp³-hybridized carbons (Fsp3) is 0.897. The van der Waals surface area contributed by atoms with Crippen LogP contribution < -0.4 is 0 Å². The lowest BCUT2D eigenvalue weighted by atomic mass is 9.47. The average Bonchev–Trinajstić information content (AvgIpc) is 3.11. The predicted molar refractivity (Wildman–Crippen MR) is 134 cm³/mol. The van der Waals surface area contributed by atoms with Crippen molar-refractivity contribution in [1.29, 1.82) is 0 Å². The number of alkyl halides is 1. The van der Waals surface area contributed by atoms with E-state index in [4.69, 9.17) is 16.3 Å². The minimum absolute atomic E-state index is 0.0329. The van der Waals surface area contributed by atoms with Gasteiger partial charge in [0.15, 0.2) is 0 Å². The van der Waals surface area contributed by atoms with Gasteiger partial charge in [0.2, 0.25) is 0 Å². The molecular formula is C29H47ClO2. The summed E-state index contributed by atoms with van der Waals surface area (Å²) in [5.74, 6) is 4.92. The van der Waals surface area contributed by atoms with Crippen molar-refractivity contribution in [3.63, 3.8) is 0 Å². The van der Waals surface area contributed by atoms with Gasteiger partial charge in [-0.15, -0.1) is 11.6 Å². The number of allylic oxidation sites excluding steroid dienone is 1. The number of esters is 1. The number of halogens is 1. The van der Waals surface area contributed by atoms with Gasteiger partial charge in [0.05, 0.1) is 0 Å². The zero-order valence-electron chi connectivity index (χ0n) is 21.3. The Morgan fingerprint density at radius 2 is 1.88 bits per heavy atom. The molecule has 0 aromatic rings. The second-order valence-corrected chi connectivity index (χ2v) is 13.0. The third-order valence-electron chi connectivity index (χ3n) is 10.7. The summed E-state index contributed by atoms with van der Waals surface area (Å²) in [6, 6.07) is 0. The van der Waals surface area contributed by atoms with Crippen LogP contribution in [0, 0.1) is 46.3 Å². The largest absolute Gasteiger partial charge is 0.461 e. The Balaban J connectivity index is 1.45. The summed E-state index contributed by atoms with van der Waals surface area (Å²) in [5, 5.41) is 0. The highest BCUT2D eigenvalue weighted by Crippen LogP contribution is 2.67. The van der Waals surface area contributed by atoms with E-state index in [1.165, 1.54) is 57.8 Å². The highest BCUT2D eigenvalue weighted by Gasteiger charge is 2.59. The number of hydrogen-bond acceptors (Lipinski definition) is 2. The van der Waals surface area contributed by atoms with Crippen LogP contribution in [0.5, 0.6) is 0 Å². The molecule has 4 aliphatic carbocycles. The fourth-order valence-electron chi connectivity index (χ4n) is 8.97. The molecular weight excluding hydrogens is 416 g/mol. The summed E-state index contributed by atoms with van der Waals surface area (Å²) >= 11 is 5.68. The topological polar surface area (TPSA) is 26.3 Å². The molecule has 0 aromatic carbocycles. The molecule has 0 heterocycles. The molecule has 2 nitrogen and oxygen atoms in total. The van der Waals surface area contributed by atoms with Crippen LogP contribution >= 0.6 is 11.6 Å². The molecule has 8 atom stereocenters. The number of fused-ring (bicyclic) bond motifs is 5. The highest BCUT2D eigenvalue weighted by molar-refractivity contribution is 6.26. The first kappa shape index (κ1) is 24.6. The van der Waals surface area contributed by atoms with Gasteiger partial charge in [-0.25, -0.2) is 0 Å². The molecule has 3 heteroatoms. The lowest BCUT2D eigenvalue weighted by Crippen LogP contribution is -2.51. The van der Waals surface area contributed by atoms with Gasteiger partial charge in [0.25, 0.3) is 0 Å². The van der Waals surface area contributed by atoms with Gasteiger partial charge in [0, 0.05) is 6.42 Å². The first-order valence-electron chi connectivity index (χ1n) is 13.6. The van der Waals surface area contributed by atoms with Crippen molar-refractivity contribution < 1.29 is 9.53 Å². The average molecular weight is 463 g/mol. The normalized spacial score (nSPS) is 42.0. The van der Waals surface area contributed by atoms with E-state index in [0.29, 0.717) is 10.8 Å². The minimum Gasteiger partial charge on any atom is -0.461 e. The first-order valence-corrected chi connectivity index (χ1v) is 14.2. The van der Waals surface area contributed by atoms with Gasteiger partial charge in [-0.2, -0.15) is 0 Å². The molecule has 3 saturated carbocycles. The van der Waals surface area contributed by atoms with Crippen molar-refractivity contribution in [3.8, 4) is 0 Å². The molecule has 0 N–H and O–H groups in total. The molecule has 0 bridgehead atoms. The first-order chi connectivity index (χ1) is 15.2. The maximum Gasteiger partial charge on any atom is 0.321 e. The van der Waals surface area contributed by atoms with Crippen molar-refractivity contribution in [2.45, 2.75) is 111 Å². The van der Waals surface area contributed by atoms with Crippen LogP contribution in [0.2, 0.25) is 0 Å². The number of carbonyl (C=O) groups is 1. The molecule has 0 aromatic heterocycles. The molecule has 0 spiro atoms. The number of hydrogen-bond donors (Lipinski definition) is 0. The second kappa shape index (κ2) is 9.63. The minimum atomic E-state index is -0.262. The molecule has 0 radical (unpaired) electrons. The van der Waals surface area contributed by atoms with Crippen LogP contribution in [-0.2, 0) is 9.53 Å². The Labute approximate surface area is 202 Å². The lowest BCUT2D eigenvalue weighted by Gasteiger charge is -2.58. The smallest absolute Gasteiger partial charge is 0.321 e. The summed E-state index contributed by atoms with van der Waals surface area (Å²) < 4.78 is 5.63. The van der Waals surface area contributed by atoms with E-state index < -0.39 is 0 Å². The zero-order valence-corrected chi connectivity index (χ0v) is 22.1. The van der Waals surface area contributed by atoms with E-state index in [1.54, 1.807) is 5.57 Å². The highest BCUT2D eigenvalue weighted by atomic mass is 35.5. The number of ether oxygens (including phenoxy) is 1. The molecule has 32 heavy (non-hydrogen) atoms. The SMILES string of the molecule is CC(C)CCC[C@H](C)[C@@H]1CC[C@@H]2[C@H]3CC=C4C[C@@H](OC(=O)CCl)CC[C@]4(C)[C@@H]3CC[C@@]21C. The summed E-state index contributed by atoms with van der Waals surface area (Å²) in [7, 11) is 0. The Morgan fingerprint density at radius 3 is 2.59 bits per heavy atom. The summed E-state index contributed by atoms with van der Waals surface area (Å²) in [6.07, 6.45) is 16.9. The fourth-order valence-corrected chi connectivity index (χ4v) is 9.03. The van der Waals surface area contributed by atoms with Crippen LogP contribution in [0.1, 0.15) is 105 Å². The lowest BCUT2D eigenvalue weighted by molar-refractivity contribution is -0.148. The van der Waals surface area contributed by atoms with E-state index >= 15 is 0 Å². The maximum absolute atomic E-state index is 11.7. The van der Waals surface area contributed by atoms with E-state index in [1.807, 2.05) is 0 Å². The Morgan fingerprint density at radius 1 is 1.09 bits per heavy atom. The zero-order chi connectivity index (χ0) is 23.1. The molecule has 4 aliphatic rings. The van der Waals surface area contributed by atoms with Crippen LogP contribution in [0.25, 0.3) is 0 Å². The molecule has 0 aliphatic heterocycles. The van der Waals surface area contributed by atoms with Gasteiger partial charge in [-0.1, -0.05) is 65.5 Å². The van der Waals surface area contributed by atoms with E-state index in [-0.39, 0.29) is 18.0 Å². The molecule has 0 saturated heterocycles. The summed E-state index contributed by atoms with van der Waals surface area (Å²) in [4.78, 5) is 11.7. The van der Waals surface area contributed by atoms with Gasteiger partial charge in [0.1, 0.15) is 12.0 Å². The van der Waals surface area contributed by atoms with Crippen LogP contribution in [0.3, 0.4) is 0 Å². The van der Waals surface area contributed by atoms with Crippen LogP contribution in [-0.4, -0.2) is 18.0 Å². The van der Waals surface area contributed by atoms with Crippen molar-refractivity contribution in [2.24, 2.45) is 46.3 Å². The van der Waals surface area contributed by atoms with Crippen molar-refractivity contribution in [1.82, 2.24) is 0 Å². The van der Waals surface area contributed by atoms with Crippen LogP contribution in [0.4, 0.5) is 0 Å². The number of carbonyl (C=O) groups excluding carboxylic acids is 1. The van der Waals surface area contributed by atoms with Crippen molar-refractivity contribution in [2.75, 3.05) is 5.88 Å². The van der Waals surface area contributed by atoms with Gasteiger partial charge in [-0.3, -0.25) is 4.79 Å². The van der Waals surface area contributed by atoms with Gasteiger partial charge < -0.3 is 4.74 Å². The quantitative estimate of drug-likeness (QED) is 0.216. The van der Waals surface area contributed by atoms with Gasteiger partial charge in [-0.05, 0) is 91.3 Å². The Hall–Kier alpha value is -0.500. The third kappa shape index (κ3) is 4.44. The third-order valence-corrected chi connectivity index (χ3v) is 10.9. The number of rotatable bonds is 7. The van der Waals surface area contributed by atoms with Gasteiger partial charge >= 0.3 is 5.97 Å². The van der Waals surface area contributed by atoms with Crippen molar-refractivity contribution in [3.05, 3.63) is 11.6 Å². The van der Waals surface area contributed by atoms with E-state index in [9.17, 15) is 4.79 Å². The monoisotopic (exact) mass is 462 g/mol. The predicted octanol–water partition coefficient (Wildman–Crippen LogP) is 8.18. The second-order valence-electron chi connectivity index (χ2n) is 12.8. The van der Waals surface area contributed by atoms with Crippen molar-refractivity contribution >= 4 is 17.6 Å². The van der Waals surface area contributed by atoms with Crippen LogP contribution in [0.15, 0.2) is 11.6 Å².